The highest BCUT2D eigenvalue weighted by Crippen LogP contribution is 2.27. The van der Waals surface area contributed by atoms with Crippen molar-refractivity contribution in [2.75, 3.05) is 39.3 Å². The van der Waals surface area contributed by atoms with Gasteiger partial charge in [-0.25, -0.2) is 0 Å². The van der Waals surface area contributed by atoms with Crippen LogP contribution in [0.4, 0.5) is 0 Å². The summed E-state index contributed by atoms with van der Waals surface area (Å²) in [4.78, 5) is 9.54. The van der Waals surface area contributed by atoms with Gasteiger partial charge in [0.15, 0.2) is 5.82 Å². The first-order chi connectivity index (χ1) is 9.30. The number of aromatic nitrogens is 2. The van der Waals surface area contributed by atoms with Gasteiger partial charge in [0.05, 0.1) is 6.04 Å². The van der Waals surface area contributed by atoms with E-state index < -0.39 is 0 Å². The van der Waals surface area contributed by atoms with E-state index in [1.165, 1.54) is 13.1 Å². The van der Waals surface area contributed by atoms with Crippen LogP contribution in [-0.4, -0.2) is 59.2 Å². The Hall–Kier alpha value is -0.980. The highest BCUT2D eigenvalue weighted by Gasteiger charge is 2.35. The summed E-state index contributed by atoms with van der Waals surface area (Å²) >= 11 is 0. The van der Waals surface area contributed by atoms with Crippen LogP contribution in [0.3, 0.4) is 0 Å². The van der Waals surface area contributed by atoms with Crippen molar-refractivity contribution in [2.45, 2.75) is 25.8 Å². The van der Waals surface area contributed by atoms with E-state index >= 15 is 0 Å². The molecule has 3 aliphatic rings. The van der Waals surface area contributed by atoms with E-state index in [1.54, 1.807) is 0 Å². The van der Waals surface area contributed by atoms with E-state index in [1.807, 2.05) is 0 Å². The molecule has 2 N–H and O–H groups in total. The lowest BCUT2D eigenvalue weighted by Crippen LogP contribution is -2.57. The number of hydrogen-bond donors (Lipinski definition) is 1. The van der Waals surface area contributed by atoms with Crippen molar-refractivity contribution in [3.05, 3.63) is 11.7 Å². The second-order valence-electron chi connectivity index (χ2n) is 5.61. The zero-order chi connectivity index (χ0) is 13.2. The molecule has 0 amide bonds. The van der Waals surface area contributed by atoms with Gasteiger partial charge >= 0.3 is 0 Å². The quantitative estimate of drug-likeness (QED) is 0.824. The molecule has 0 radical (unpaired) electrons. The molecule has 2 bridgehead atoms. The fraction of sp³-hybridized carbons (Fsp3) is 0.846. The van der Waals surface area contributed by atoms with Gasteiger partial charge in [-0.3, -0.25) is 9.80 Å². The Morgan fingerprint density at radius 1 is 1.37 bits per heavy atom. The van der Waals surface area contributed by atoms with Gasteiger partial charge in [-0.1, -0.05) is 18.5 Å². The van der Waals surface area contributed by atoms with Crippen LogP contribution in [0, 0.1) is 5.92 Å². The molecule has 1 aromatic heterocycles. The van der Waals surface area contributed by atoms with Gasteiger partial charge in [-0.05, 0) is 12.5 Å². The Morgan fingerprint density at radius 2 is 2.16 bits per heavy atom. The molecule has 3 fully saturated rings. The lowest BCUT2D eigenvalue weighted by Gasteiger charge is -2.46. The maximum absolute atomic E-state index is 5.73. The fourth-order valence-corrected chi connectivity index (χ4v) is 2.99. The lowest BCUT2D eigenvalue weighted by atomic mass is 10.0. The molecule has 6 nitrogen and oxygen atoms in total. The first-order valence-corrected chi connectivity index (χ1v) is 7.29. The summed E-state index contributed by atoms with van der Waals surface area (Å²) in [5.74, 6) is 2.04. The van der Waals surface area contributed by atoms with E-state index in [0.29, 0.717) is 18.5 Å². The molecular formula is C13H23N5O. The molecule has 4 rings (SSSR count). The van der Waals surface area contributed by atoms with E-state index in [9.17, 15) is 0 Å². The monoisotopic (exact) mass is 265 g/mol. The Morgan fingerprint density at radius 3 is 2.74 bits per heavy atom. The molecule has 0 spiro atoms. The number of fused-ring (bicyclic) bond motifs is 3. The van der Waals surface area contributed by atoms with Crippen molar-refractivity contribution in [1.29, 1.82) is 0 Å². The van der Waals surface area contributed by atoms with Crippen LogP contribution in [0.5, 0.6) is 0 Å². The molecule has 19 heavy (non-hydrogen) atoms. The molecule has 0 saturated carbocycles. The summed E-state index contributed by atoms with van der Waals surface area (Å²) in [5, 5.41) is 4.19. The van der Waals surface area contributed by atoms with Crippen LogP contribution in [0.15, 0.2) is 4.52 Å². The molecule has 1 aromatic rings. The molecule has 0 aliphatic carbocycles. The second kappa shape index (κ2) is 5.56. The van der Waals surface area contributed by atoms with Gasteiger partial charge in [-0.2, -0.15) is 4.98 Å². The largest absolute Gasteiger partial charge is 0.339 e. The number of rotatable bonds is 5. The highest BCUT2D eigenvalue weighted by atomic mass is 16.5. The fourth-order valence-electron chi connectivity index (χ4n) is 2.99. The third-order valence-corrected chi connectivity index (χ3v) is 4.43. The maximum atomic E-state index is 5.73. The van der Waals surface area contributed by atoms with Crippen LogP contribution in [0.25, 0.3) is 0 Å². The number of piperazine rings is 3. The topological polar surface area (TPSA) is 71.4 Å². The van der Waals surface area contributed by atoms with Crippen molar-refractivity contribution >= 4 is 0 Å². The number of nitrogens with zero attached hydrogens (tertiary/aromatic N) is 4. The van der Waals surface area contributed by atoms with Crippen molar-refractivity contribution in [1.82, 2.24) is 19.9 Å². The average molecular weight is 265 g/mol. The minimum absolute atomic E-state index is 0.318. The smallest absolute Gasteiger partial charge is 0.227 e. The summed E-state index contributed by atoms with van der Waals surface area (Å²) in [6.07, 6.45) is 1.86. The van der Waals surface area contributed by atoms with Gasteiger partial charge in [0, 0.05) is 39.1 Å². The highest BCUT2D eigenvalue weighted by molar-refractivity contribution is 5.01. The predicted octanol–water partition coefficient (Wildman–Crippen LogP) is 0.269. The molecule has 106 valence electrons. The summed E-state index contributed by atoms with van der Waals surface area (Å²) < 4.78 is 5.40. The molecule has 2 atom stereocenters. The van der Waals surface area contributed by atoms with Gasteiger partial charge in [0.1, 0.15) is 0 Å². The summed E-state index contributed by atoms with van der Waals surface area (Å²) in [6, 6.07) is 0.318. The summed E-state index contributed by atoms with van der Waals surface area (Å²) in [5.41, 5.74) is 5.73. The van der Waals surface area contributed by atoms with Gasteiger partial charge in [0.25, 0.3) is 0 Å². The standard InChI is InChI=1S/C13H23N5O/c1-2-10(8-14)7-12-15-13(16-19-12)11-9-17-3-5-18(11)6-4-17/h10-11H,2-9,14H2,1H3. The van der Waals surface area contributed by atoms with E-state index in [4.69, 9.17) is 10.3 Å². The Kier molecular flexibility index (Phi) is 3.81. The first-order valence-electron chi connectivity index (χ1n) is 7.29. The Labute approximate surface area is 113 Å². The van der Waals surface area contributed by atoms with Crippen molar-refractivity contribution < 1.29 is 4.52 Å². The summed E-state index contributed by atoms with van der Waals surface area (Å²) in [7, 11) is 0. The SMILES string of the molecule is CCC(CN)Cc1nc(C2CN3CCN2CC3)no1. The van der Waals surface area contributed by atoms with Crippen LogP contribution in [-0.2, 0) is 6.42 Å². The molecular weight excluding hydrogens is 242 g/mol. The van der Waals surface area contributed by atoms with Crippen LogP contribution >= 0.6 is 0 Å². The van der Waals surface area contributed by atoms with E-state index in [2.05, 4.69) is 26.9 Å². The minimum Gasteiger partial charge on any atom is -0.339 e. The van der Waals surface area contributed by atoms with Crippen LogP contribution in [0.1, 0.15) is 31.1 Å². The number of nitrogens with two attached hydrogens (primary N) is 1. The second-order valence-corrected chi connectivity index (χ2v) is 5.61. The molecule has 3 aliphatic heterocycles. The zero-order valence-electron chi connectivity index (χ0n) is 11.6. The van der Waals surface area contributed by atoms with E-state index in [0.717, 1.165) is 44.2 Å². The van der Waals surface area contributed by atoms with E-state index in [-0.39, 0.29) is 0 Å². The van der Waals surface area contributed by atoms with Gasteiger partial charge < -0.3 is 10.3 Å². The molecule has 2 unspecified atom stereocenters. The molecule has 3 saturated heterocycles. The van der Waals surface area contributed by atoms with Gasteiger partial charge in [0.2, 0.25) is 5.89 Å². The third-order valence-electron chi connectivity index (χ3n) is 4.43. The summed E-state index contributed by atoms with van der Waals surface area (Å²) in [6.45, 7) is 8.45. The predicted molar refractivity (Wildman–Crippen MR) is 71.6 cm³/mol. The zero-order valence-corrected chi connectivity index (χ0v) is 11.6. The normalized spacial score (nSPS) is 31.6. The minimum atomic E-state index is 0.318. The lowest BCUT2D eigenvalue weighted by molar-refractivity contribution is 0.00781. The Bertz CT molecular complexity index is 409. The van der Waals surface area contributed by atoms with Crippen LogP contribution in [0.2, 0.25) is 0 Å². The van der Waals surface area contributed by atoms with Crippen molar-refractivity contribution in [3.8, 4) is 0 Å². The molecule has 6 heteroatoms. The maximum Gasteiger partial charge on any atom is 0.227 e. The average Bonchev–Trinajstić information content (AvgIpc) is 2.94. The third kappa shape index (κ3) is 2.66. The Balaban J connectivity index is 1.67. The number of hydrogen-bond acceptors (Lipinski definition) is 6. The molecule has 0 aromatic carbocycles. The van der Waals surface area contributed by atoms with Crippen LogP contribution < -0.4 is 5.73 Å². The van der Waals surface area contributed by atoms with Gasteiger partial charge in [-0.15, -0.1) is 0 Å². The van der Waals surface area contributed by atoms with Crippen molar-refractivity contribution in [3.63, 3.8) is 0 Å². The molecule has 4 heterocycles. The van der Waals surface area contributed by atoms with Crippen molar-refractivity contribution in [2.24, 2.45) is 11.7 Å². The first kappa shape index (κ1) is 13.0.